The number of carbonyl (C=O) groups excluding carboxylic acids is 2. The predicted molar refractivity (Wildman–Crippen MR) is 121 cm³/mol. The van der Waals surface area contributed by atoms with Crippen molar-refractivity contribution in [1.82, 2.24) is 4.57 Å². The molecule has 162 valence electrons. The van der Waals surface area contributed by atoms with E-state index in [1.54, 1.807) is 72.8 Å². The molecule has 1 aromatic heterocycles. The number of aromatic nitrogens is 1. The molecule has 0 N–H and O–H groups in total. The van der Waals surface area contributed by atoms with Crippen molar-refractivity contribution in [2.45, 2.75) is 4.90 Å². The summed E-state index contributed by atoms with van der Waals surface area (Å²) in [6.45, 7) is -0.458. The molecule has 32 heavy (non-hydrogen) atoms. The van der Waals surface area contributed by atoms with E-state index in [4.69, 9.17) is 4.74 Å². The third kappa shape index (κ3) is 3.88. The number of fused-ring (bicyclic) bond motifs is 1. The van der Waals surface area contributed by atoms with Crippen LogP contribution in [0.5, 0.6) is 0 Å². The maximum absolute atomic E-state index is 13.4. The Balaban J connectivity index is 1.79. The van der Waals surface area contributed by atoms with E-state index < -0.39 is 28.4 Å². The minimum Gasteiger partial charge on any atom is -0.465 e. The van der Waals surface area contributed by atoms with Gasteiger partial charge in [0.2, 0.25) is 0 Å². The van der Waals surface area contributed by atoms with Gasteiger partial charge in [-0.3, -0.25) is 13.7 Å². The normalized spacial score (nSPS) is 11.3. The molecule has 0 aliphatic carbocycles. The van der Waals surface area contributed by atoms with Gasteiger partial charge in [0.25, 0.3) is 15.9 Å². The van der Waals surface area contributed by atoms with Gasteiger partial charge in [0.05, 0.1) is 28.8 Å². The standard InChI is InChI=1S/C24H20N2O5S/c1-31-24(28)21-16-25(22-15-9-8-14-20(21)22)23(27)17-26(18-10-4-2-5-11-18)32(29,30)19-12-6-3-7-13-19/h2-16H,17H2,1H3. The van der Waals surface area contributed by atoms with Crippen molar-refractivity contribution in [3.8, 4) is 0 Å². The van der Waals surface area contributed by atoms with E-state index in [0.717, 1.165) is 4.31 Å². The summed E-state index contributed by atoms with van der Waals surface area (Å²) >= 11 is 0. The van der Waals surface area contributed by atoms with Crippen molar-refractivity contribution in [2.24, 2.45) is 0 Å². The van der Waals surface area contributed by atoms with Crippen LogP contribution in [0.2, 0.25) is 0 Å². The van der Waals surface area contributed by atoms with Gasteiger partial charge in [-0.2, -0.15) is 0 Å². The number of sulfonamides is 1. The summed E-state index contributed by atoms with van der Waals surface area (Å²) in [7, 11) is -2.75. The van der Waals surface area contributed by atoms with Crippen molar-refractivity contribution in [1.29, 1.82) is 0 Å². The number of hydrogen-bond donors (Lipinski definition) is 0. The lowest BCUT2D eigenvalue weighted by atomic mass is 10.2. The molecule has 4 aromatic rings. The number of anilines is 1. The molecule has 7 nitrogen and oxygen atoms in total. The molecule has 8 heteroatoms. The van der Waals surface area contributed by atoms with Gasteiger partial charge in [-0.1, -0.05) is 54.6 Å². The van der Waals surface area contributed by atoms with Gasteiger partial charge < -0.3 is 4.74 Å². The van der Waals surface area contributed by atoms with Gasteiger partial charge >= 0.3 is 5.97 Å². The molecule has 0 saturated heterocycles. The van der Waals surface area contributed by atoms with Gasteiger partial charge in [-0.05, 0) is 30.3 Å². The van der Waals surface area contributed by atoms with Crippen LogP contribution >= 0.6 is 0 Å². The number of hydrogen-bond acceptors (Lipinski definition) is 5. The van der Waals surface area contributed by atoms with Crippen LogP contribution in [0, 0.1) is 0 Å². The summed E-state index contributed by atoms with van der Waals surface area (Å²) in [6, 6.07) is 23.2. The summed E-state index contributed by atoms with van der Waals surface area (Å²) < 4.78 is 34.0. The van der Waals surface area contributed by atoms with Crippen LogP contribution in [0.25, 0.3) is 10.9 Å². The molecular weight excluding hydrogens is 428 g/mol. The van der Waals surface area contributed by atoms with E-state index in [9.17, 15) is 18.0 Å². The molecule has 1 heterocycles. The lowest BCUT2D eigenvalue weighted by Gasteiger charge is -2.24. The van der Waals surface area contributed by atoms with E-state index in [2.05, 4.69) is 0 Å². The van der Waals surface area contributed by atoms with Crippen LogP contribution in [0.4, 0.5) is 5.69 Å². The Morgan fingerprint density at radius 1 is 0.875 bits per heavy atom. The molecule has 0 aliphatic heterocycles. The van der Waals surface area contributed by atoms with E-state index in [1.807, 2.05) is 0 Å². The third-order valence-electron chi connectivity index (χ3n) is 5.04. The van der Waals surface area contributed by atoms with Crippen LogP contribution in [-0.4, -0.2) is 38.5 Å². The molecular formula is C24H20N2O5S. The number of esters is 1. The maximum atomic E-state index is 13.4. The predicted octanol–water partition coefficient (Wildman–Crippen LogP) is 3.96. The Bertz CT molecular complexity index is 1380. The van der Waals surface area contributed by atoms with Gasteiger partial charge in [0.1, 0.15) is 6.54 Å². The first-order valence-corrected chi connectivity index (χ1v) is 11.2. The van der Waals surface area contributed by atoms with Crippen LogP contribution in [0.3, 0.4) is 0 Å². The zero-order valence-corrected chi connectivity index (χ0v) is 18.0. The van der Waals surface area contributed by atoms with Crippen molar-refractivity contribution < 1.29 is 22.7 Å². The molecule has 0 bridgehead atoms. The number of nitrogens with zero attached hydrogens (tertiary/aromatic N) is 2. The monoisotopic (exact) mass is 448 g/mol. The van der Waals surface area contributed by atoms with E-state index in [0.29, 0.717) is 16.6 Å². The van der Waals surface area contributed by atoms with E-state index in [-0.39, 0.29) is 10.5 Å². The molecule has 0 spiro atoms. The molecule has 0 saturated carbocycles. The fourth-order valence-corrected chi connectivity index (χ4v) is 4.92. The SMILES string of the molecule is COC(=O)c1cn(C(=O)CN(c2ccccc2)S(=O)(=O)c2ccccc2)c2ccccc12. The molecule has 0 amide bonds. The highest BCUT2D eigenvalue weighted by molar-refractivity contribution is 7.92. The van der Waals surface area contributed by atoms with Gasteiger partial charge in [0.15, 0.2) is 0 Å². The Morgan fingerprint density at radius 2 is 1.47 bits per heavy atom. The first-order chi connectivity index (χ1) is 15.4. The van der Waals surface area contributed by atoms with Crippen molar-refractivity contribution >= 4 is 38.5 Å². The highest BCUT2D eigenvalue weighted by Crippen LogP contribution is 2.26. The van der Waals surface area contributed by atoms with Crippen LogP contribution in [0.1, 0.15) is 15.2 Å². The van der Waals surface area contributed by atoms with Crippen molar-refractivity contribution in [3.05, 3.63) is 96.7 Å². The van der Waals surface area contributed by atoms with Crippen LogP contribution in [0.15, 0.2) is 96.0 Å². The molecule has 0 unspecified atom stereocenters. The van der Waals surface area contributed by atoms with Crippen LogP contribution < -0.4 is 4.31 Å². The summed E-state index contributed by atoms with van der Waals surface area (Å²) in [5.41, 5.74) is 1.08. The average molecular weight is 449 g/mol. The van der Waals surface area contributed by atoms with E-state index in [1.165, 1.54) is 30.0 Å². The van der Waals surface area contributed by atoms with Gasteiger partial charge in [-0.15, -0.1) is 0 Å². The second-order valence-electron chi connectivity index (χ2n) is 6.98. The first-order valence-electron chi connectivity index (χ1n) is 9.78. The highest BCUT2D eigenvalue weighted by Gasteiger charge is 2.28. The Hall–Kier alpha value is -3.91. The molecule has 0 fully saturated rings. The smallest absolute Gasteiger partial charge is 0.340 e. The first kappa shape index (κ1) is 21.3. The van der Waals surface area contributed by atoms with Crippen LogP contribution in [-0.2, 0) is 14.8 Å². The maximum Gasteiger partial charge on any atom is 0.340 e. The lowest BCUT2D eigenvalue weighted by Crippen LogP contribution is -2.37. The second-order valence-corrected chi connectivity index (χ2v) is 8.84. The summed E-state index contributed by atoms with van der Waals surface area (Å²) in [5.74, 6) is -1.09. The number of rotatable bonds is 6. The minimum atomic E-state index is -4.02. The van der Waals surface area contributed by atoms with E-state index >= 15 is 0 Å². The molecule has 0 radical (unpaired) electrons. The lowest BCUT2D eigenvalue weighted by molar-refractivity contribution is 0.0603. The molecule has 0 atom stereocenters. The number of methoxy groups -OCH3 is 1. The molecule has 4 rings (SSSR count). The topological polar surface area (TPSA) is 85.7 Å². The summed E-state index contributed by atoms with van der Waals surface area (Å²) in [6.07, 6.45) is 1.39. The average Bonchev–Trinajstić information content (AvgIpc) is 3.23. The molecule has 3 aromatic carbocycles. The summed E-state index contributed by atoms with van der Waals surface area (Å²) in [5, 5.41) is 0.546. The number of benzene rings is 3. The summed E-state index contributed by atoms with van der Waals surface area (Å²) in [4.78, 5) is 25.6. The second kappa shape index (κ2) is 8.68. The number of ether oxygens (including phenoxy) is 1. The largest absolute Gasteiger partial charge is 0.465 e. The zero-order chi connectivity index (χ0) is 22.7. The number of carbonyl (C=O) groups is 2. The fraction of sp³-hybridized carbons (Fsp3) is 0.0833. The van der Waals surface area contributed by atoms with Crippen molar-refractivity contribution in [2.75, 3.05) is 18.0 Å². The Morgan fingerprint density at radius 3 is 2.12 bits per heavy atom. The molecule has 0 aliphatic rings. The van der Waals surface area contributed by atoms with Gasteiger partial charge in [-0.25, -0.2) is 13.2 Å². The quantitative estimate of drug-likeness (QED) is 0.417. The minimum absolute atomic E-state index is 0.0734. The highest BCUT2D eigenvalue weighted by atomic mass is 32.2. The van der Waals surface area contributed by atoms with Gasteiger partial charge in [0, 0.05) is 11.6 Å². The van der Waals surface area contributed by atoms with Crippen molar-refractivity contribution in [3.63, 3.8) is 0 Å². The Labute approximate surface area is 185 Å². The third-order valence-corrected chi connectivity index (χ3v) is 6.83. The fourth-order valence-electron chi connectivity index (χ4n) is 3.49. The zero-order valence-electron chi connectivity index (χ0n) is 17.2. The Kier molecular flexibility index (Phi) is 5.79. The number of para-hydroxylation sites is 2.